The van der Waals surface area contributed by atoms with E-state index >= 15 is 0 Å². The van der Waals surface area contributed by atoms with Crippen molar-refractivity contribution in [3.63, 3.8) is 0 Å². The number of nitrogens with zero attached hydrogens (tertiary/aromatic N) is 3. The van der Waals surface area contributed by atoms with Gasteiger partial charge < -0.3 is 15.5 Å². The number of thiophene rings is 1. The molecule has 6 nitrogen and oxygen atoms in total. The van der Waals surface area contributed by atoms with Crippen LogP contribution in [0.5, 0.6) is 0 Å². The summed E-state index contributed by atoms with van der Waals surface area (Å²) in [5.41, 5.74) is 1.13. The van der Waals surface area contributed by atoms with E-state index < -0.39 is 0 Å². The zero-order valence-electron chi connectivity index (χ0n) is 18.3. The summed E-state index contributed by atoms with van der Waals surface area (Å²) in [6.07, 6.45) is 2.92. The summed E-state index contributed by atoms with van der Waals surface area (Å²) in [5, 5.41) is 8.98. The minimum Gasteiger partial charge on any atom is -0.356 e. The molecule has 1 amide bonds. The molecule has 1 saturated heterocycles. The summed E-state index contributed by atoms with van der Waals surface area (Å²) in [6, 6.07) is 11.2. The number of nitrogens with one attached hydrogen (secondary N) is 2. The van der Waals surface area contributed by atoms with Crippen LogP contribution in [0, 0.1) is 5.82 Å². The fourth-order valence-electron chi connectivity index (χ4n) is 3.48. The van der Waals surface area contributed by atoms with Gasteiger partial charge in [-0.15, -0.1) is 11.3 Å². The Labute approximate surface area is 188 Å². The maximum absolute atomic E-state index is 13.1. The molecule has 168 valence electrons. The summed E-state index contributed by atoms with van der Waals surface area (Å²) >= 11 is 1.75. The van der Waals surface area contributed by atoms with Gasteiger partial charge in [-0.3, -0.25) is 9.69 Å². The van der Waals surface area contributed by atoms with Crippen molar-refractivity contribution in [2.45, 2.75) is 31.8 Å². The third kappa shape index (κ3) is 7.95. The van der Waals surface area contributed by atoms with Crippen LogP contribution in [0.2, 0.25) is 0 Å². The summed E-state index contributed by atoms with van der Waals surface area (Å²) < 4.78 is 13.1. The Balaban J connectivity index is 1.49. The molecule has 0 bridgehead atoms. The molecule has 0 spiro atoms. The molecule has 1 fully saturated rings. The second-order valence-corrected chi connectivity index (χ2v) is 9.06. The summed E-state index contributed by atoms with van der Waals surface area (Å²) in [4.78, 5) is 21.8. The second kappa shape index (κ2) is 11.8. The van der Waals surface area contributed by atoms with Crippen molar-refractivity contribution >= 4 is 23.2 Å². The fourth-order valence-corrected chi connectivity index (χ4v) is 4.19. The summed E-state index contributed by atoms with van der Waals surface area (Å²) in [6.45, 7) is 3.67. The number of piperidine rings is 1. The van der Waals surface area contributed by atoms with E-state index in [0.29, 0.717) is 12.0 Å². The molecule has 0 radical (unpaired) electrons. The molecule has 31 heavy (non-hydrogen) atoms. The number of carbonyl (C=O) groups is 1. The predicted molar refractivity (Wildman–Crippen MR) is 125 cm³/mol. The van der Waals surface area contributed by atoms with Crippen LogP contribution >= 0.6 is 11.3 Å². The Bertz CT molecular complexity index is 830. The first-order valence-electron chi connectivity index (χ1n) is 10.7. The van der Waals surface area contributed by atoms with Crippen LogP contribution in [0.3, 0.4) is 0 Å². The summed E-state index contributed by atoms with van der Waals surface area (Å²) in [7, 11) is 3.48. The second-order valence-electron chi connectivity index (χ2n) is 8.03. The third-order valence-electron chi connectivity index (χ3n) is 5.36. The zero-order chi connectivity index (χ0) is 22.1. The number of rotatable bonds is 8. The molecule has 2 N–H and O–H groups in total. The van der Waals surface area contributed by atoms with E-state index in [9.17, 15) is 9.18 Å². The molecule has 0 unspecified atom stereocenters. The molecule has 3 rings (SSSR count). The molecule has 0 aliphatic carbocycles. The van der Waals surface area contributed by atoms with E-state index in [1.54, 1.807) is 30.3 Å². The monoisotopic (exact) mass is 445 g/mol. The van der Waals surface area contributed by atoms with Crippen molar-refractivity contribution in [3.05, 3.63) is 58.0 Å². The van der Waals surface area contributed by atoms with Crippen molar-refractivity contribution in [1.82, 2.24) is 20.4 Å². The Hall–Kier alpha value is -2.45. The van der Waals surface area contributed by atoms with Gasteiger partial charge in [-0.2, -0.15) is 0 Å². The van der Waals surface area contributed by atoms with E-state index in [0.717, 1.165) is 51.0 Å². The third-order valence-corrected chi connectivity index (χ3v) is 6.30. The zero-order valence-corrected chi connectivity index (χ0v) is 19.1. The van der Waals surface area contributed by atoms with Gasteiger partial charge in [0.05, 0.1) is 0 Å². The minimum absolute atomic E-state index is 0.0199. The lowest BCUT2D eigenvalue weighted by Gasteiger charge is -2.33. The Morgan fingerprint density at radius 1 is 1.23 bits per heavy atom. The first-order chi connectivity index (χ1) is 15.0. The normalized spacial score (nSPS) is 15.6. The van der Waals surface area contributed by atoms with Crippen molar-refractivity contribution in [1.29, 1.82) is 0 Å². The number of likely N-dealkylation sites (tertiary alicyclic amines) is 1. The highest BCUT2D eigenvalue weighted by molar-refractivity contribution is 7.09. The first-order valence-corrected chi connectivity index (χ1v) is 11.6. The van der Waals surface area contributed by atoms with Gasteiger partial charge in [-0.25, -0.2) is 9.38 Å². The average molecular weight is 446 g/mol. The van der Waals surface area contributed by atoms with E-state index in [1.807, 2.05) is 12.1 Å². The minimum atomic E-state index is -0.196. The molecular weight excluding hydrogens is 413 g/mol. The SMILES string of the molecule is CN(C)C(=O)CN=C(NCCc1cccs1)NC1CCN(Cc2ccc(F)cc2)CC1. The first kappa shape index (κ1) is 23.2. The average Bonchev–Trinajstić information content (AvgIpc) is 3.28. The number of hydrogen-bond acceptors (Lipinski definition) is 4. The Morgan fingerprint density at radius 2 is 1.97 bits per heavy atom. The van der Waals surface area contributed by atoms with Crippen molar-refractivity contribution < 1.29 is 9.18 Å². The number of guanidine groups is 1. The van der Waals surface area contributed by atoms with Crippen molar-refractivity contribution in [2.24, 2.45) is 4.99 Å². The molecule has 1 aromatic carbocycles. The van der Waals surface area contributed by atoms with Gasteiger partial charge in [0.25, 0.3) is 0 Å². The lowest BCUT2D eigenvalue weighted by molar-refractivity contribution is -0.127. The Kier molecular flexibility index (Phi) is 8.85. The number of benzene rings is 1. The lowest BCUT2D eigenvalue weighted by atomic mass is 10.0. The number of carbonyl (C=O) groups excluding carboxylic acids is 1. The maximum atomic E-state index is 13.1. The van der Waals surface area contributed by atoms with Gasteiger partial charge >= 0.3 is 0 Å². The van der Waals surface area contributed by atoms with Crippen LogP contribution in [-0.2, 0) is 17.8 Å². The van der Waals surface area contributed by atoms with E-state index in [1.165, 1.54) is 17.0 Å². The van der Waals surface area contributed by atoms with Crippen LogP contribution in [-0.4, -0.2) is 68.0 Å². The van der Waals surface area contributed by atoms with E-state index in [2.05, 4.69) is 38.0 Å². The molecule has 0 atom stereocenters. The van der Waals surface area contributed by atoms with Gasteiger partial charge in [0.15, 0.2) is 5.96 Å². The standard InChI is InChI=1S/C23H32FN5OS/c1-28(2)22(30)16-26-23(25-12-9-21-4-3-15-31-21)27-20-10-13-29(14-11-20)17-18-5-7-19(24)8-6-18/h3-8,15,20H,9-14,16-17H2,1-2H3,(H2,25,26,27). The smallest absolute Gasteiger partial charge is 0.243 e. The van der Waals surface area contributed by atoms with Gasteiger partial charge in [-0.05, 0) is 48.4 Å². The molecule has 2 aromatic rings. The topological polar surface area (TPSA) is 60.0 Å². The van der Waals surface area contributed by atoms with Gasteiger partial charge in [0.2, 0.25) is 5.91 Å². The molecule has 1 aromatic heterocycles. The van der Waals surface area contributed by atoms with Crippen molar-refractivity contribution in [3.8, 4) is 0 Å². The van der Waals surface area contributed by atoms with Crippen LogP contribution < -0.4 is 10.6 Å². The van der Waals surface area contributed by atoms with Gasteiger partial charge in [-0.1, -0.05) is 18.2 Å². The number of halogens is 1. The molecule has 2 heterocycles. The highest BCUT2D eigenvalue weighted by Crippen LogP contribution is 2.14. The Morgan fingerprint density at radius 3 is 2.61 bits per heavy atom. The number of aliphatic imine (C=N–C) groups is 1. The van der Waals surface area contributed by atoms with Crippen LogP contribution in [0.1, 0.15) is 23.3 Å². The van der Waals surface area contributed by atoms with E-state index in [-0.39, 0.29) is 18.3 Å². The number of amides is 1. The quantitative estimate of drug-likeness (QED) is 0.485. The molecular formula is C23H32FN5OS. The molecule has 1 aliphatic rings. The molecule has 8 heteroatoms. The van der Waals surface area contributed by atoms with Crippen LogP contribution in [0.25, 0.3) is 0 Å². The highest BCUT2D eigenvalue weighted by atomic mass is 32.1. The largest absolute Gasteiger partial charge is 0.356 e. The van der Waals surface area contributed by atoms with Crippen LogP contribution in [0.4, 0.5) is 4.39 Å². The summed E-state index contributed by atoms with van der Waals surface area (Å²) in [5.74, 6) is 0.481. The lowest BCUT2D eigenvalue weighted by Crippen LogP contribution is -2.49. The van der Waals surface area contributed by atoms with Gasteiger partial charge in [0, 0.05) is 51.2 Å². The fraction of sp³-hybridized carbons (Fsp3) is 0.478. The maximum Gasteiger partial charge on any atom is 0.243 e. The molecule has 0 saturated carbocycles. The molecule has 1 aliphatic heterocycles. The van der Waals surface area contributed by atoms with Crippen LogP contribution in [0.15, 0.2) is 46.8 Å². The number of likely N-dealkylation sites (N-methyl/N-ethyl adjacent to an activating group) is 1. The van der Waals surface area contributed by atoms with Gasteiger partial charge in [0.1, 0.15) is 12.4 Å². The highest BCUT2D eigenvalue weighted by Gasteiger charge is 2.20. The van der Waals surface area contributed by atoms with Crippen molar-refractivity contribution in [2.75, 3.05) is 40.3 Å². The number of hydrogen-bond donors (Lipinski definition) is 2. The van der Waals surface area contributed by atoms with E-state index in [4.69, 9.17) is 0 Å². The predicted octanol–water partition coefficient (Wildman–Crippen LogP) is 2.72.